The van der Waals surface area contributed by atoms with Crippen molar-refractivity contribution in [1.29, 1.82) is 0 Å². The number of nitrogens with zero attached hydrogens (tertiary/aromatic N) is 1. The van der Waals surface area contributed by atoms with E-state index < -0.39 is 11.8 Å². The van der Waals surface area contributed by atoms with E-state index in [0.717, 1.165) is 26.6 Å². The van der Waals surface area contributed by atoms with Gasteiger partial charge < -0.3 is 10.1 Å². The number of benzene rings is 3. The van der Waals surface area contributed by atoms with Crippen LogP contribution in [0.25, 0.3) is 0 Å². The van der Waals surface area contributed by atoms with Gasteiger partial charge in [-0.05, 0) is 55.8 Å². The van der Waals surface area contributed by atoms with Crippen LogP contribution >= 0.6 is 23.4 Å². The molecule has 7 heteroatoms. The van der Waals surface area contributed by atoms with Crippen molar-refractivity contribution in [3.63, 3.8) is 0 Å². The van der Waals surface area contributed by atoms with Gasteiger partial charge in [-0.2, -0.15) is 0 Å². The van der Waals surface area contributed by atoms with Crippen LogP contribution in [0.15, 0.2) is 82.2 Å². The summed E-state index contributed by atoms with van der Waals surface area (Å²) in [5.74, 6) is -0.515. The number of carbonyl (C=O) groups excluding carboxylic acids is 2. The van der Waals surface area contributed by atoms with E-state index in [9.17, 15) is 9.59 Å². The number of imide groups is 1. The lowest BCUT2D eigenvalue weighted by Crippen LogP contribution is -2.32. The van der Waals surface area contributed by atoms with E-state index in [-0.39, 0.29) is 5.70 Å². The lowest BCUT2D eigenvalue weighted by molar-refractivity contribution is -0.120. The molecule has 0 bridgehead atoms. The summed E-state index contributed by atoms with van der Waals surface area (Å²) in [4.78, 5) is 29.4. The van der Waals surface area contributed by atoms with Crippen LogP contribution in [0.2, 0.25) is 5.02 Å². The molecule has 0 saturated heterocycles. The predicted octanol–water partition coefficient (Wildman–Crippen LogP) is 5.95. The molecule has 1 heterocycles. The van der Waals surface area contributed by atoms with Crippen LogP contribution in [0.5, 0.6) is 5.75 Å². The Hall–Kier alpha value is -3.22. The highest BCUT2D eigenvalue weighted by molar-refractivity contribution is 8.04. The van der Waals surface area contributed by atoms with E-state index in [4.69, 9.17) is 16.3 Å². The molecule has 5 nitrogen and oxygen atoms in total. The molecule has 1 N–H and O–H groups in total. The molecule has 0 spiro atoms. The molecule has 0 atom stereocenters. The maximum atomic E-state index is 13.6. The lowest BCUT2D eigenvalue weighted by atomic mass is 10.1. The molecule has 0 unspecified atom stereocenters. The van der Waals surface area contributed by atoms with Gasteiger partial charge in [-0.15, -0.1) is 0 Å². The molecular formula is C25H21ClN2O3S. The van der Waals surface area contributed by atoms with E-state index in [2.05, 4.69) is 5.32 Å². The zero-order valence-electron chi connectivity index (χ0n) is 17.8. The van der Waals surface area contributed by atoms with Gasteiger partial charge in [0.05, 0.1) is 12.8 Å². The number of methoxy groups -OCH3 is 1. The number of amides is 2. The normalized spacial score (nSPS) is 13.7. The molecule has 32 heavy (non-hydrogen) atoms. The van der Waals surface area contributed by atoms with Crippen LogP contribution in [0, 0.1) is 13.8 Å². The summed E-state index contributed by atoms with van der Waals surface area (Å²) in [5, 5.41) is 3.61. The van der Waals surface area contributed by atoms with E-state index >= 15 is 0 Å². The Morgan fingerprint density at radius 1 is 0.938 bits per heavy atom. The number of thioether (sulfide) groups is 1. The third-order valence-electron chi connectivity index (χ3n) is 5.03. The van der Waals surface area contributed by atoms with Crippen molar-refractivity contribution in [1.82, 2.24) is 0 Å². The van der Waals surface area contributed by atoms with Crippen LogP contribution in [0.1, 0.15) is 11.1 Å². The van der Waals surface area contributed by atoms with Gasteiger partial charge in [-0.1, -0.05) is 59.3 Å². The number of anilines is 2. The molecule has 0 aromatic heterocycles. The minimum Gasteiger partial charge on any atom is -0.495 e. The summed E-state index contributed by atoms with van der Waals surface area (Å²) in [6, 6.07) is 20.2. The molecule has 3 aromatic rings. The first-order valence-electron chi connectivity index (χ1n) is 9.93. The van der Waals surface area contributed by atoms with Gasteiger partial charge in [0, 0.05) is 15.6 Å². The SMILES string of the molecule is COc1ccc(Cl)cc1N1C(=O)C(Nc2ccc(C)cc2C)=C(Sc2ccccc2)C1=O. The number of nitrogens with one attached hydrogen (secondary N) is 1. The van der Waals surface area contributed by atoms with E-state index in [0.29, 0.717) is 21.4 Å². The number of hydrogen-bond donors (Lipinski definition) is 1. The van der Waals surface area contributed by atoms with Gasteiger partial charge in [-0.25, -0.2) is 4.90 Å². The Morgan fingerprint density at radius 2 is 1.69 bits per heavy atom. The third kappa shape index (κ3) is 4.24. The molecule has 0 saturated carbocycles. The van der Waals surface area contributed by atoms with E-state index in [1.165, 1.54) is 18.9 Å². The molecule has 4 rings (SSSR count). The van der Waals surface area contributed by atoms with Crippen LogP contribution in [0.4, 0.5) is 11.4 Å². The Balaban J connectivity index is 1.80. The van der Waals surface area contributed by atoms with Gasteiger partial charge in [-0.3, -0.25) is 9.59 Å². The first-order chi connectivity index (χ1) is 15.4. The minimum atomic E-state index is -0.464. The Morgan fingerprint density at radius 3 is 2.38 bits per heavy atom. The second-order valence-corrected chi connectivity index (χ2v) is 8.84. The first kappa shape index (κ1) is 22.0. The van der Waals surface area contributed by atoms with Crippen LogP contribution < -0.4 is 15.0 Å². The lowest BCUT2D eigenvalue weighted by Gasteiger charge is -2.18. The summed E-state index contributed by atoms with van der Waals surface area (Å²) < 4.78 is 5.40. The monoisotopic (exact) mass is 464 g/mol. The Bertz CT molecular complexity index is 1240. The fourth-order valence-electron chi connectivity index (χ4n) is 3.47. The third-order valence-corrected chi connectivity index (χ3v) is 6.35. The van der Waals surface area contributed by atoms with Gasteiger partial charge in [0.25, 0.3) is 11.8 Å². The highest BCUT2D eigenvalue weighted by Crippen LogP contribution is 2.41. The zero-order chi connectivity index (χ0) is 22.8. The fourth-order valence-corrected chi connectivity index (χ4v) is 4.58. The van der Waals surface area contributed by atoms with E-state index in [1.54, 1.807) is 18.2 Å². The van der Waals surface area contributed by atoms with Gasteiger partial charge in [0.1, 0.15) is 16.4 Å². The zero-order valence-corrected chi connectivity index (χ0v) is 19.4. The summed E-state index contributed by atoms with van der Waals surface area (Å²) in [6.45, 7) is 3.96. The van der Waals surface area contributed by atoms with Crippen molar-refractivity contribution in [2.75, 3.05) is 17.3 Å². The van der Waals surface area contributed by atoms with E-state index in [1.807, 2.05) is 62.4 Å². The summed E-state index contributed by atoms with van der Waals surface area (Å²) in [6.07, 6.45) is 0. The highest BCUT2D eigenvalue weighted by atomic mass is 35.5. The van der Waals surface area contributed by atoms with Crippen LogP contribution in [-0.2, 0) is 9.59 Å². The number of halogens is 1. The summed E-state index contributed by atoms with van der Waals surface area (Å²) >= 11 is 7.42. The molecular weight excluding hydrogens is 444 g/mol. The minimum absolute atomic E-state index is 0.220. The number of rotatable bonds is 6. The van der Waals surface area contributed by atoms with Gasteiger partial charge in [0.15, 0.2) is 0 Å². The molecule has 162 valence electrons. The van der Waals surface area contributed by atoms with Crippen molar-refractivity contribution in [3.8, 4) is 5.75 Å². The van der Waals surface area contributed by atoms with Crippen LogP contribution in [0.3, 0.4) is 0 Å². The van der Waals surface area contributed by atoms with Crippen molar-refractivity contribution in [2.45, 2.75) is 18.7 Å². The maximum Gasteiger partial charge on any atom is 0.283 e. The average Bonchev–Trinajstić information content (AvgIpc) is 3.00. The maximum absolute atomic E-state index is 13.6. The largest absolute Gasteiger partial charge is 0.495 e. The summed E-state index contributed by atoms with van der Waals surface area (Å²) in [7, 11) is 1.49. The van der Waals surface area contributed by atoms with Crippen molar-refractivity contribution >= 4 is 46.6 Å². The highest BCUT2D eigenvalue weighted by Gasteiger charge is 2.41. The predicted molar refractivity (Wildman–Crippen MR) is 129 cm³/mol. The standard InChI is InChI=1S/C25H21ClN2O3S/c1-15-9-11-19(16(2)13-15)27-22-23(32-18-7-5-4-6-8-18)25(30)28(24(22)29)20-14-17(26)10-12-21(20)31-3/h4-14,27H,1-3H3. The number of carbonyl (C=O) groups is 2. The Labute approximate surface area is 196 Å². The Kier molecular flexibility index (Phi) is 6.26. The summed E-state index contributed by atoms with van der Waals surface area (Å²) in [5.41, 5.74) is 3.37. The van der Waals surface area contributed by atoms with Crippen molar-refractivity contribution in [3.05, 3.63) is 93.5 Å². The number of aryl methyl sites for hydroxylation is 2. The smallest absolute Gasteiger partial charge is 0.283 e. The second-order valence-electron chi connectivity index (χ2n) is 7.32. The molecule has 0 fully saturated rings. The number of hydrogen-bond acceptors (Lipinski definition) is 5. The molecule has 1 aliphatic rings. The topological polar surface area (TPSA) is 58.6 Å². The molecule has 3 aromatic carbocycles. The molecule has 2 amide bonds. The molecule has 0 radical (unpaired) electrons. The quantitative estimate of drug-likeness (QED) is 0.456. The number of ether oxygens (including phenoxy) is 1. The van der Waals surface area contributed by atoms with Crippen molar-refractivity contribution in [2.24, 2.45) is 0 Å². The van der Waals surface area contributed by atoms with Gasteiger partial charge in [0.2, 0.25) is 0 Å². The average molecular weight is 465 g/mol. The second kappa shape index (κ2) is 9.10. The fraction of sp³-hybridized carbons (Fsp3) is 0.120. The molecule has 0 aliphatic carbocycles. The first-order valence-corrected chi connectivity index (χ1v) is 11.1. The van der Waals surface area contributed by atoms with Crippen LogP contribution in [-0.4, -0.2) is 18.9 Å². The van der Waals surface area contributed by atoms with Crippen molar-refractivity contribution < 1.29 is 14.3 Å². The molecule has 1 aliphatic heterocycles. The van der Waals surface area contributed by atoms with Gasteiger partial charge >= 0.3 is 0 Å².